The van der Waals surface area contributed by atoms with Crippen LogP contribution in [0.25, 0.3) is 11.1 Å². The van der Waals surface area contributed by atoms with E-state index in [-0.39, 0.29) is 11.6 Å². The lowest BCUT2D eigenvalue weighted by molar-refractivity contribution is 0.0970. The number of hydrogen-bond donors (Lipinski definition) is 0. The molecular formula is C33H40O4. The zero-order valence-electron chi connectivity index (χ0n) is 22.6. The Bertz CT molecular complexity index is 1150. The first-order valence-corrected chi connectivity index (χ1v) is 13.5. The van der Waals surface area contributed by atoms with Gasteiger partial charge in [0.25, 0.3) is 0 Å². The molecule has 0 unspecified atom stereocenters. The average Bonchev–Trinajstić information content (AvgIpc) is 2.93. The van der Waals surface area contributed by atoms with Crippen LogP contribution in [0.5, 0.6) is 11.5 Å². The van der Waals surface area contributed by atoms with Crippen molar-refractivity contribution in [2.24, 2.45) is 0 Å². The predicted molar refractivity (Wildman–Crippen MR) is 151 cm³/mol. The summed E-state index contributed by atoms with van der Waals surface area (Å²) in [5, 5.41) is 0. The number of ether oxygens (including phenoxy) is 2. The van der Waals surface area contributed by atoms with Crippen LogP contribution in [0, 0.1) is 6.92 Å². The molecule has 0 aliphatic rings. The molecular weight excluding hydrogens is 460 g/mol. The molecule has 0 fully saturated rings. The molecule has 0 aromatic heterocycles. The number of ketones is 2. The SMILES string of the molecule is COc1ccc(C(=O)CCCCCCCCCCC(=O)c2ccc(OC)c(-c3ccccc3)c2)cc1C. The highest BCUT2D eigenvalue weighted by Crippen LogP contribution is 2.31. The minimum absolute atomic E-state index is 0.191. The maximum atomic E-state index is 12.8. The Kier molecular flexibility index (Phi) is 11.4. The van der Waals surface area contributed by atoms with Gasteiger partial charge in [-0.1, -0.05) is 68.9 Å². The topological polar surface area (TPSA) is 52.6 Å². The molecule has 4 heteroatoms. The Balaban J connectivity index is 1.28. The van der Waals surface area contributed by atoms with Crippen molar-refractivity contribution in [1.82, 2.24) is 0 Å². The number of hydrogen-bond acceptors (Lipinski definition) is 4. The summed E-state index contributed by atoms with van der Waals surface area (Å²) < 4.78 is 10.8. The molecule has 0 atom stereocenters. The summed E-state index contributed by atoms with van der Waals surface area (Å²) in [6, 6.07) is 21.4. The van der Waals surface area contributed by atoms with Crippen molar-refractivity contribution in [1.29, 1.82) is 0 Å². The lowest BCUT2D eigenvalue weighted by Crippen LogP contribution is -2.00. The molecule has 0 aliphatic carbocycles. The maximum absolute atomic E-state index is 12.8. The van der Waals surface area contributed by atoms with Gasteiger partial charge in [0.15, 0.2) is 11.6 Å². The van der Waals surface area contributed by atoms with Crippen LogP contribution < -0.4 is 9.47 Å². The van der Waals surface area contributed by atoms with Crippen LogP contribution in [0.2, 0.25) is 0 Å². The molecule has 0 bridgehead atoms. The van der Waals surface area contributed by atoms with E-state index < -0.39 is 0 Å². The molecule has 3 aromatic carbocycles. The van der Waals surface area contributed by atoms with Gasteiger partial charge in [-0.3, -0.25) is 9.59 Å². The molecule has 0 N–H and O–H groups in total. The predicted octanol–water partition coefficient (Wildman–Crippen LogP) is 8.65. The summed E-state index contributed by atoms with van der Waals surface area (Å²) in [7, 11) is 3.31. The minimum Gasteiger partial charge on any atom is -0.496 e. The van der Waals surface area contributed by atoms with Crippen molar-refractivity contribution in [2.45, 2.75) is 71.1 Å². The Labute approximate surface area is 222 Å². The lowest BCUT2D eigenvalue weighted by atomic mass is 9.97. The molecule has 196 valence electrons. The molecule has 0 saturated carbocycles. The second kappa shape index (κ2) is 15.0. The third-order valence-corrected chi connectivity index (χ3v) is 6.88. The minimum atomic E-state index is 0.191. The fourth-order valence-electron chi connectivity index (χ4n) is 4.70. The van der Waals surface area contributed by atoms with Crippen LogP contribution in [-0.4, -0.2) is 25.8 Å². The standard InChI is InChI=1S/C33H40O4/c1-25-23-27(19-21-32(25)36-2)30(34)17-13-8-6-4-5-7-9-14-18-31(35)28-20-22-33(37-3)29(24-28)26-15-11-10-12-16-26/h10-12,15-16,19-24H,4-9,13-14,17-18H2,1-3H3. The van der Waals surface area contributed by atoms with E-state index in [1.54, 1.807) is 14.2 Å². The number of unbranched alkanes of at least 4 members (excludes halogenated alkanes) is 7. The van der Waals surface area contributed by atoms with Crippen molar-refractivity contribution < 1.29 is 19.1 Å². The largest absolute Gasteiger partial charge is 0.496 e. The number of carbonyl (C=O) groups excluding carboxylic acids is 2. The summed E-state index contributed by atoms with van der Waals surface area (Å²) in [6.45, 7) is 1.96. The van der Waals surface area contributed by atoms with E-state index >= 15 is 0 Å². The molecule has 0 radical (unpaired) electrons. The van der Waals surface area contributed by atoms with Crippen LogP contribution in [0.15, 0.2) is 66.7 Å². The molecule has 0 spiro atoms. The number of aryl methyl sites for hydroxylation is 1. The zero-order valence-corrected chi connectivity index (χ0v) is 22.6. The van der Waals surface area contributed by atoms with E-state index in [4.69, 9.17) is 9.47 Å². The molecule has 0 saturated heterocycles. The van der Waals surface area contributed by atoms with Crippen LogP contribution >= 0.6 is 0 Å². The highest BCUT2D eigenvalue weighted by Gasteiger charge is 2.12. The smallest absolute Gasteiger partial charge is 0.162 e. The first-order chi connectivity index (χ1) is 18.0. The molecule has 37 heavy (non-hydrogen) atoms. The highest BCUT2D eigenvalue weighted by molar-refractivity contribution is 5.98. The van der Waals surface area contributed by atoms with Crippen LogP contribution in [0.3, 0.4) is 0 Å². The summed E-state index contributed by atoms with van der Waals surface area (Å²) in [4.78, 5) is 25.2. The summed E-state index contributed by atoms with van der Waals surface area (Å²) >= 11 is 0. The van der Waals surface area contributed by atoms with Crippen LogP contribution in [0.4, 0.5) is 0 Å². The zero-order chi connectivity index (χ0) is 26.5. The van der Waals surface area contributed by atoms with E-state index in [1.165, 1.54) is 12.8 Å². The Hall–Kier alpha value is -3.40. The normalized spacial score (nSPS) is 10.8. The Morgan fingerprint density at radius 2 is 1.08 bits per heavy atom. The molecule has 3 rings (SSSR count). The van der Waals surface area contributed by atoms with Crippen LogP contribution in [-0.2, 0) is 0 Å². The van der Waals surface area contributed by atoms with Gasteiger partial charge >= 0.3 is 0 Å². The van der Waals surface area contributed by atoms with Gasteiger partial charge in [-0.05, 0) is 67.3 Å². The van der Waals surface area contributed by atoms with E-state index in [2.05, 4.69) is 0 Å². The Morgan fingerprint density at radius 1 is 0.595 bits per heavy atom. The monoisotopic (exact) mass is 500 g/mol. The second-order valence-corrected chi connectivity index (χ2v) is 9.64. The lowest BCUT2D eigenvalue weighted by Gasteiger charge is -2.11. The number of Topliss-reactive ketones (excluding diaryl/α,β-unsaturated/α-hetero) is 2. The summed E-state index contributed by atoms with van der Waals surface area (Å²) in [5.74, 6) is 2.00. The molecule has 0 amide bonds. The summed E-state index contributed by atoms with van der Waals surface area (Å²) in [5.41, 5.74) is 4.53. The van der Waals surface area contributed by atoms with Gasteiger partial charge in [-0.2, -0.15) is 0 Å². The number of rotatable bonds is 16. The quantitative estimate of drug-likeness (QED) is 0.146. The number of benzene rings is 3. The van der Waals surface area contributed by atoms with Crippen molar-refractivity contribution in [3.63, 3.8) is 0 Å². The Morgan fingerprint density at radius 3 is 1.59 bits per heavy atom. The second-order valence-electron chi connectivity index (χ2n) is 9.64. The molecule has 3 aromatic rings. The van der Waals surface area contributed by atoms with Crippen molar-refractivity contribution >= 4 is 11.6 Å². The van der Waals surface area contributed by atoms with Gasteiger partial charge in [0, 0.05) is 29.5 Å². The number of methoxy groups -OCH3 is 2. The van der Waals surface area contributed by atoms with Crippen molar-refractivity contribution in [2.75, 3.05) is 14.2 Å². The van der Waals surface area contributed by atoms with Gasteiger partial charge in [0.2, 0.25) is 0 Å². The molecule has 0 heterocycles. The van der Waals surface area contributed by atoms with Crippen molar-refractivity contribution in [3.05, 3.63) is 83.4 Å². The highest BCUT2D eigenvalue weighted by atomic mass is 16.5. The summed E-state index contributed by atoms with van der Waals surface area (Å²) in [6.07, 6.45) is 9.86. The van der Waals surface area contributed by atoms with E-state index in [0.717, 1.165) is 77.8 Å². The maximum Gasteiger partial charge on any atom is 0.162 e. The van der Waals surface area contributed by atoms with Gasteiger partial charge in [0.05, 0.1) is 14.2 Å². The van der Waals surface area contributed by atoms with Crippen LogP contribution in [0.1, 0.15) is 90.5 Å². The third kappa shape index (κ3) is 8.59. The van der Waals surface area contributed by atoms with Crippen molar-refractivity contribution in [3.8, 4) is 22.6 Å². The van der Waals surface area contributed by atoms with E-state index in [9.17, 15) is 9.59 Å². The van der Waals surface area contributed by atoms with E-state index in [1.807, 2.05) is 73.7 Å². The first-order valence-electron chi connectivity index (χ1n) is 13.5. The number of carbonyl (C=O) groups is 2. The van der Waals surface area contributed by atoms with Gasteiger partial charge in [-0.25, -0.2) is 0 Å². The molecule has 0 aliphatic heterocycles. The average molecular weight is 501 g/mol. The van der Waals surface area contributed by atoms with E-state index in [0.29, 0.717) is 12.8 Å². The fraction of sp³-hybridized carbons (Fsp3) is 0.394. The molecule has 4 nitrogen and oxygen atoms in total. The van der Waals surface area contributed by atoms with Gasteiger partial charge in [0.1, 0.15) is 11.5 Å². The van der Waals surface area contributed by atoms with Gasteiger partial charge in [-0.15, -0.1) is 0 Å². The third-order valence-electron chi connectivity index (χ3n) is 6.88. The first kappa shape index (κ1) is 28.2. The van der Waals surface area contributed by atoms with Gasteiger partial charge < -0.3 is 9.47 Å². The fourth-order valence-corrected chi connectivity index (χ4v) is 4.70.